The molecule has 1 aliphatic rings. The molecule has 130 valence electrons. The van der Waals surface area contributed by atoms with Gasteiger partial charge in [0.15, 0.2) is 0 Å². The van der Waals surface area contributed by atoms with E-state index in [-0.39, 0.29) is 18.0 Å². The number of rotatable bonds is 5. The minimum atomic E-state index is -0.315. The Bertz CT molecular complexity index is 847. The van der Waals surface area contributed by atoms with Gasteiger partial charge in [-0.25, -0.2) is 14.1 Å². The van der Waals surface area contributed by atoms with Crippen molar-refractivity contribution < 1.29 is 13.9 Å². The molecule has 1 aromatic carbocycles. The van der Waals surface area contributed by atoms with Gasteiger partial charge in [0.1, 0.15) is 17.7 Å². The molecule has 0 N–H and O–H groups in total. The normalized spacial score (nSPS) is 20.2. The van der Waals surface area contributed by atoms with Gasteiger partial charge in [-0.1, -0.05) is 0 Å². The highest BCUT2D eigenvalue weighted by Crippen LogP contribution is 2.31. The Balaban J connectivity index is 1.80. The molecule has 6 nitrogen and oxygen atoms in total. The van der Waals surface area contributed by atoms with Crippen LogP contribution in [0.3, 0.4) is 0 Å². The Kier molecular flexibility index (Phi) is 4.33. The summed E-state index contributed by atoms with van der Waals surface area (Å²) < 4.78 is 29.1. The third kappa shape index (κ3) is 2.96. The van der Waals surface area contributed by atoms with Crippen molar-refractivity contribution in [2.45, 2.75) is 19.1 Å². The average Bonchev–Trinajstić information content (AvgIpc) is 3.36. The molecule has 0 radical (unpaired) electrons. The van der Waals surface area contributed by atoms with Crippen LogP contribution >= 0.6 is 0 Å². The van der Waals surface area contributed by atoms with Crippen molar-refractivity contribution in [3.63, 3.8) is 0 Å². The summed E-state index contributed by atoms with van der Waals surface area (Å²) in [7, 11) is 0. The largest absolute Gasteiger partial charge is 0.376 e. The molecule has 1 saturated heterocycles. The third-order valence-electron chi connectivity index (χ3n) is 4.36. The van der Waals surface area contributed by atoms with Gasteiger partial charge in [-0.05, 0) is 31.2 Å². The smallest absolute Gasteiger partial charge is 0.142 e. The summed E-state index contributed by atoms with van der Waals surface area (Å²) in [6.07, 6.45) is 7.08. The van der Waals surface area contributed by atoms with E-state index in [4.69, 9.17) is 9.47 Å². The van der Waals surface area contributed by atoms with E-state index in [2.05, 4.69) is 10.1 Å². The van der Waals surface area contributed by atoms with Crippen molar-refractivity contribution in [2.75, 3.05) is 19.8 Å². The van der Waals surface area contributed by atoms with Crippen LogP contribution in [0.4, 0.5) is 4.39 Å². The van der Waals surface area contributed by atoms with E-state index in [0.717, 1.165) is 5.69 Å². The van der Waals surface area contributed by atoms with Crippen LogP contribution in [-0.4, -0.2) is 45.3 Å². The maximum Gasteiger partial charge on any atom is 0.142 e. The van der Waals surface area contributed by atoms with Crippen LogP contribution in [0, 0.1) is 5.82 Å². The summed E-state index contributed by atoms with van der Waals surface area (Å²) in [5, 5.41) is 4.27. The molecule has 1 aliphatic heterocycles. The van der Waals surface area contributed by atoms with Gasteiger partial charge >= 0.3 is 0 Å². The average molecular weight is 342 g/mol. The van der Waals surface area contributed by atoms with E-state index < -0.39 is 0 Å². The van der Waals surface area contributed by atoms with Gasteiger partial charge in [0.25, 0.3) is 0 Å². The van der Waals surface area contributed by atoms with E-state index in [0.29, 0.717) is 31.2 Å². The monoisotopic (exact) mass is 342 g/mol. The van der Waals surface area contributed by atoms with Crippen LogP contribution in [0.25, 0.3) is 17.1 Å². The maximum absolute atomic E-state index is 14.0. The van der Waals surface area contributed by atoms with Crippen molar-refractivity contribution in [3.05, 3.63) is 54.9 Å². The number of halogens is 1. The Labute approximate surface area is 144 Å². The molecule has 3 aromatic rings. The highest BCUT2D eigenvalue weighted by Gasteiger charge is 2.32. The Morgan fingerprint density at radius 1 is 1.28 bits per heavy atom. The number of hydrogen-bond donors (Lipinski definition) is 0. The molecule has 0 aliphatic carbocycles. The number of ether oxygens (including phenoxy) is 2. The zero-order valence-corrected chi connectivity index (χ0v) is 13.9. The molecular formula is C18H19FN4O2. The molecule has 0 unspecified atom stereocenters. The second kappa shape index (κ2) is 6.78. The minimum Gasteiger partial charge on any atom is -0.376 e. The van der Waals surface area contributed by atoms with Crippen LogP contribution in [0.1, 0.15) is 13.0 Å². The van der Waals surface area contributed by atoms with Gasteiger partial charge in [0, 0.05) is 37.0 Å². The summed E-state index contributed by atoms with van der Waals surface area (Å²) in [5.74, 6) is 0.356. The standard InChI is InChI=1S/C18H19FN4O2/c1-2-25-17-12-24-11-16(17)22-9-7-20-18(22)14-10-13(19)4-5-15(14)23-8-3-6-21-23/h3-10,16-17H,2,11-12H2,1H3/t16-,17-/m0/s1. The van der Waals surface area contributed by atoms with Crippen molar-refractivity contribution in [1.29, 1.82) is 0 Å². The lowest BCUT2D eigenvalue weighted by atomic mass is 10.1. The highest BCUT2D eigenvalue weighted by molar-refractivity contribution is 5.68. The number of benzene rings is 1. The van der Waals surface area contributed by atoms with Crippen LogP contribution in [-0.2, 0) is 9.47 Å². The summed E-state index contributed by atoms with van der Waals surface area (Å²) >= 11 is 0. The molecule has 7 heteroatoms. The number of nitrogens with zero attached hydrogens (tertiary/aromatic N) is 4. The highest BCUT2D eigenvalue weighted by atomic mass is 19.1. The van der Waals surface area contributed by atoms with Crippen molar-refractivity contribution >= 4 is 0 Å². The molecule has 2 aromatic heterocycles. The Morgan fingerprint density at radius 3 is 3.00 bits per heavy atom. The van der Waals surface area contributed by atoms with E-state index in [1.807, 2.05) is 30.0 Å². The van der Waals surface area contributed by atoms with Gasteiger partial charge in [0.05, 0.1) is 24.9 Å². The zero-order valence-electron chi connectivity index (χ0n) is 13.9. The van der Waals surface area contributed by atoms with Crippen molar-refractivity contribution in [1.82, 2.24) is 19.3 Å². The summed E-state index contributed by atoms with van der Waals surface area (Å²) in [6, 6.07) is 6.46. The van der Waals surface area contributed by atoms with Gasteiger partial charge in [0.2, 0.25) is 0 Å². The molecule has 0 bridgehead atoms. The van der Waals surface area contributed by atoms with E-state index in [9.17, 15) is 4.39 Å². The molecular weight excluding hydrogens is 323 g/mol. The predicted molar refractivity (Wildman–Crippen MR) is 90.0 cm³/mol. The lowest BCUT2D eigenvalue weighted by Gasteiger charge is -2.21. The molecule has 0 saturated carbocycles. The first-order valence-electron chi connectivity index (χ1n) is 8.30. The number of aromatic nitrogens is 4. The van der Waals surface area contributed by atoms with Crippen LogP contribution in [0.5, 0.6) is 0 Å². The first-order chi connectivity index (χ1) is 12.3. The quantitative estimate of drug-likeness (QED) is 0.715. The SMILES string of the molecule is CCO[C@H]1COC[C@@H]1n1ccnc1-c1cc(F)ccc1-n1cccn1. The third-order valence-corrected chi connectivity index (χ3v) is 4.36. The Morgan fingerprint density at radius 2 is 2.20 bits per heavy atom. The fraction of sp³-hybridized carbons (Fsp3) is 0.333. The molecule has 1 fully saturated rings. The van der Waals surface area contributed by atoms with Crippen molar-refractivity contribution in [3.8, 4) is 17.1 Å². The van der Waals surface area contributed by atoms with Crippen molar-refractivity contribution in [2.24, 2.45) is 0 Å². The molecule has 25 heavy (non-hydrogen) atoms. The van der Waals surface area contributed by atoms with Crippen LogP contribution in [0.2, 0.25) is 0 Å². The van der Waals surface area contributed by atoms with E-state index in [1.165, 1.54) is 12.1 Å². The van der Waals surface area contributed by atoms with E-state index in [1.54, 1.807) is 23.1 Å². The van der Waals surface area contributed by atoms with Gasteiger partial charge in [-0.3, -0.25) is 0 Å². The van der Waals surface area contributed by atoms with Crippen LogP contribution < -0.4 is 0 Å². The lowest BCUT2D eigenvalue weighted by Crippen LogP contribution is -2.26. The number of hydrogen-bond acceptors (Lipinski definition) is 4. The minimum absolute atomic E-state index is 0.00573. The molecule has 2 atom stereocenters. The summed E-state index contributed by atoms with van der Waals surface area (Å²) in [4.78, 5) is 4.48. The first-order valence-corrected chi connectivity index (χ1v) is 8.30. The summed E-state index contributed by atoms with van der Waals surface area (Å²) in [5.41, 5.74) is 1.45. The summed E-state index contributed by atoms with van der Waals surface area (Å²) in [6.45, 7) is 3.67. The predicted octanol–water partition coefficient (Wildman–Crippen LogP) is 2.85. The molecule has 0 amide bonds. The second-order valence-corrected chi connectivity index (χ2v) is 5.87. The number of imidazole rings is 1. The Hall–Kier alpha value is -2.51. The van der Waals surface area contributed by atoms with Gasteiger partial charge in [-0.2, -0.15) is 5.10 Å². The first kappa shape index (κ1) is 16.0. The molecule has 0 spiro atoms. The maximum atomic E-state index is 14.0. The zero-order chi connectivity index (χ0) is 17.2. The topological polar surface area (TPSA) is 54.1 Å². The van der Waals surface area contributed by atoms with Gasteiger partial charge < -0.3 is 14.0 Å². The van der Waals surface area contributed by atoms with Gasteiger partial charge in [-0.15, -0.1) is 0 Å². The second-order valence-electron chi connectivity index (χ2n) is 5.87. The lowest BCUT2D eigenvalue weighted by molar-refractivity contribution is 0.0364. The van der Waals surface area contributed by atoms with E-state index >= 15 is 0 Å². The molecule has 3 heterocycles. The fourth-order valence-electron chi connectivity index (χ4n) is 3.24. The fourth-order valence-corrected chi connectivity index (χ4v) is 3.24. The van der Waals surface area contributed by atoms with Crippen LogP contribution in [0.15, 0.2) is 49.1 Å². The molecule has 4 rings (SSSR count).